The first-order chi connectivity index (χ1) is 16.3. The largest absolute Gasteiger partial charge is 0.505 e. The highest BCUT2D eigenvalue weighted by atomic mass is 16.5. The van der Waals surface area contributed by atoms with Crippen LogP contribution in [-0.4, -0.2) is 15.1 Å². The van der Waals surface area contributed by atoms with Crippen molar-refractivity contribution < 1.29 is 9.84 Å². The summed E-state index contributed by atoms with van der Waals surface area (Å²) in [6.45, 7) is 0.447. The standard InChI is InChI=1S/C28H23N3O2/c32-28-24(15-14-21-10-6-17-30-26(21)28)27(31-22-11-7-16-29-18-22)23-12-4-5-13-25(23)33-19-20-8-2-1-3-9-20/h1-18,27,31-32H,19H2/t27-/m1/s1. The maximum atomic E-state index is 11.2. The summed E-state index contributed by atoms with van der Waals surface area (Å²) < 4.78 is 6.24. The number of fused-ring (bicyclic) bond motifs is 1. The SMILES string of the molecule is Oc1c([C@H](Nc2cccnc2)c2ccccc2OCc2ccccc2)ccc2cccnc12. The minimum atomic E-state index is -0.382. The van der Waals surface area contributed by atoms with Gasteiger partial charge in [-0.3, -0.25) is 9.97 Å². The Labute approximate surface area is 192 Å². The van der Waals surface area contributed by atoms with Crippen molar-refractivity contribution in [2.75, 3.05) is 5.32 Å². The maximum Gasteiger partial charge on any atom is 0.147 e. The molecule has 0 amide bonds. The molecule has 5 heteroatoms. The topological polar surface area (TPSA) is 67.3 Å². The fraction of sp³-hybridized carbons (Fsp3) is 0.0714. The van der Waals surface area contributed by atoms with Gasteiger partial charge in [0.05, 0.1) is 11.7 Å². The quantitative estimate of drug-likeness (QED) is 0.324. The highest BCUT2D eigenvalue weighted by Gasteiger charge is 2.23. The average Bonchev–Trinajstić information content (AvgIpc) is 2.88. The van der Waals surface area contributed by atoms with Crippen molar-refractivity contribution in [3.63, 3.8) is 0 Å². The lowest BCUT2D eigenvalue weighted by molar-refractivity contribution is 0.302. The third-order valence-corrected chi connectivity index (χ3v) is 5.53. The van der Waals surface area contributed by atoms with Gasteiger partial charge in [0.2, 0.25) is 0 Å². The van der Waals surface area contributed by atoms with Crippen molar-refractivity contribution in [1.29, 1.82) is 0 Å². The van der Waals surface area contributed by atoms with Crippen LogP contribution in [0.5, 0.6) is 11.5 Å². The van der Waals surface area contributed by atoms with Crippen LogP contribution in [0.1, 0.15) is 22.7 Å². The molecule has 0 saturated carbocycles. The molecule has 0 spiro atoms. The van der Waals surface area contributed by atoms with Gasteiger partial charge in [-0.1, -0.05) is 66.7 Å². The van der Waals surface area contributed by atoms with Crippen molar-refractivity contribution >= 4 is 16.6 Å². The number of benzene rings is 3. The van der Waals surface area contributed by atoms with Crippen LogP contribution >= 0.6 is 0 Å². The normalized spacial score (nSPS) is 11.8. The number of nitrogens with zero attached hydrogens (tertiary/aromatic N) is 2. The molecule has 0 aliphatic carbocycles. The Kier molecular flexibility index (Phi) is 5.85. The second-order valence-corrected chi connectivity index (χ2v) is 7.71. The number of rotatable bonds is 7. The number of aromatic nitrogens is 2. The van der Waals surface area contributed by atoms with E-state index < -0.39 is 0 Å². The number of para-hydroxylation sites is 1. The summed E-state index contributed by atoms with van der Waals surface area (Å²) in [6, 6.07) is 29.1. The Bertz CT molecular complexity index is 1360. The molecule has 0 saturated heterocycles. The predicted octanol–water partition coefficient (Wildman–Crippen LogP) is 6.12. The summed E-state index contributed by atoms with van der Waals surface area (Å²) >= 11 is 0. The highest BCUT2D eigenvalue weighted by molar-refractivity contribution is 5.86. The zero-order valence-electron chi connectivity index (χ0n) is 17.9. The first-order valence-electron chi connectivity index (χ1n) is 10.8. The van der Waals surface area contributed by atoms with Crippen LogP contribution in [0.25, 0.3) is 10.9 Å². The summed E-state index contributed by atoms with van der Waals surface area (Å²) in [5.41, 5.74) is 4.10. The lowest BCUT2D eigenvalue weighted by atomic mass is 9.95. The van der Waals surface area contributed by atoms with Crippen LogP contribution in [0.15, 0.2) is 110 Å². The fourth-order valence-corrected chi connectivity index (χ4v) is 3.90. The molecule has 5 rings (SSSR count). The van der Waals surface area contributed by atoms with Crippen LogP contribution in [0.2, 0.25) is 0 Å². The maximum absolute atomic E-state index is 11.2. The van der Waals surface area contributed by atoms with Gasteiger partial charge in [-0.2, -0.15) is 0 Å². The van der Waals surface area contributed by atoms with Crippen LogP contribution in [0, 0.1) is 0 Å². The van der Waals surface area contributed by atoms with Gasteiger partial charge >= 0.3 is 0 Å². The molecule has 0 fully saturated rings. The van der Waals surface area contributed by atoms with E-state index >= 15 is 0 Å². The lowest BCUT2D eigenvalue weighted by Gasteiger charge is -2.24. The van der Waals surface area contributed by atoms with Gasteiger partial charge in [0.25, 0.3) is 0 Å². The summed E-state index contributed by atoms with van der Waals surface area (Å²) in [7, 11) is 0. The summed E-state index contributed by atoms with van der Waals surface area (Å²) in [6.07, 6.45) is 5.18. The van der Waals surface area contributed by atoms with Crippen LogP contribution in [-0.2, 0) is 6.61 Å². The molecule has 0 radical (unpaired) electrons. The third kappa shape index (κ3) is 4.48. The van der Waals surface area contributed by atoms with E-state index in [1.807, 2.05) is 91.0 Å². The molecule has 0 aliphatic heterocycles. The Hall–Kier alpha value is -4.38. The molecule has 162 valence electrons. The van der Waals surface area contributed by atoms with E-state index in [1.54, 1.807) is 18.6 Å². The molecule has 2 heterocycles. The number of aromatic hydroxyl groups is 1. The first kappa shape index (κ1) is 20.5. The molecule has 33 heavy (non-hydrogen) atoms. The summed E-state index contributed by atoms with van der Waals surface area (Å²) in [5, 5.41) is 15.6. The van der Waals surface area contributed by atoms with E-state index in [1.165, 1.54) is 0 Å². The second-order valence-electron chi connectivity index (χ2n) is 7.71. The minimum absolute atomic E-state index is 0.146. The van der Waals surface area contributed by atoms with Crippen molar-refractivity contribution in [3.05, 3.63) is 126 Å². The number of phenolic OH excluding ortho intramolecular Hbond substituents is 1. The molecule has 0 aliphatic rings. The highest BCUT2D eigenvalue weighted by Crippen LogP contribution is 2.39. The summed E-state index contributed by atoms with van der Waals surface area (Å²) in [4.78, 5) is 8.63. The number of pyridine rings is 2. The van der Waals surface area contributed by atoms with E-state index in [0.29, 0.717) is 17.7 Å². The van der Waals surface area contributed by atoms with E-state index in [2.05, 4.69) is 15.3 Å². The van der Waals surface area contributed by atoms with Gasteiger partial charge < -0.3 is 15.2 Å². The molecule has 2 aromatic heterocycles. The Morgan fingerprint density at radius 1 is 0.788 bits per heavy atom. The van der Waals surface area contributed by atoms with Crippen LogP contribution < -0.4 is 10.1 Å². The first-order valence-corrected chi connectivity index (χ1v) is 10.8. The van der Waals surface area contributed by atoms with Gasteiger partial charge in [-0.25, -0.2) is 0 Å². The Morgan fingerprint density at radius 2 is 1.61 bits per heavy atom. The Balaban J connectivity index is 1.58. The molecule has 0 unspecified atom stereocenters. The van der Waals surface area contributed by atoms with Crippen molar-refractivity contribution in [2.45, 2.75) is 12.6 Å². The van der Waals surface area contributed by atoms with E-state index in [9.17, 15) is 5.11 Å². The van der Waals surface area contributed by atoms with Crippen LogP contribution in [0.4, 0.5) is 5.69 Å². The molecule has 5 nitrogen and oxygen atoms in total. The molecule has 2 N–H and O–H groups in total. The lowest BCUT2D eigenvalue weighted by Crippen LogP contribution is -2.14. The predicted molar refractivity (Wildman–Crippen MR) is 130 cm³/mol. The molecule has 1 atom stereocenters. The minimum Gasteiger partial charge on any atom is -0.505 e. The van der Waals surface area contributed by atoms with Gasteiger partial charge in [0.1, 0.15) is 23.6 Å². The van der Waals surface area contributed by atoms with Crippen molar-refractivity contribution in [3.8, 4) is 11.5 Å². The fourth-order valence-electron chi connectivity index (χ4n) is 3.90. The number of phenols is 1. The van der Waals surface area contributed by atoms with E-state index in [0.717, 1.165) is 28.0 Å². The number of nitrogens with one attached hydrogen (secondary N) is 1. The van der Waals surface area contributed by atoms with E-state index in [-0.39, 0.29) is 11.8 Å². The van der Waals surface area contributed by atoms with E-state index in [4.69, 9.17) is 4.74 Å². The molecular weight excluding hydrogens is 410 g/mol. The number of hydrogen-bond acceptors (Lipinski definition) is 5. The zero-order valence-corrected chi connectivity index (χ0v) is 17.9. The molecular formula is C28H23N3O2. The van der Waals surface area contributed by atoms with Crippen molar-refractivity contribution in [2.24, 2.45) is 0 Å². The van der Waals surface area contributed by atoms with Gasteiger partial charge in [0, 0.05) is 35.1 Å². The molecule has 5 aromatic rings. The Morgan fingerprint density at radius 3 is 2.45 bits per heavy atom. The van der Waals surface area contributed by atoms with Gasteiger partial charge in [0.15, 0.2) is 0 Å². The average molecular weight is 434 g/mol. The van der Waals surface area contributed by atoms with Crippen LogP contribution in [0.3, 0.4) is 0 Å². The third-order valence-electron chi connectivity index (χ3n) is 5.53. The van der Waals surface area contributed by atoms with Gasteiger partial charge in [-0.05, 0) is 29.8 Å². The molecule has 0 bridgehead atoms. The van der Waals surface area contributed by atoms with Crippen molar-refractivity contribution in [1.82, 2.24) is 9.97 Å². The number of anilines is 1. The number of ether oxygens (including phenoxy) is 1. The summed E-state index contributed by atoms with van der Waals surface area (Å²) in [5.74, 6) is 0.885. The smallest absolute Gasteiger partial charge is 0.147 e. The second kappa shape index (κ2) is 9.40. The monoisotopic (exact) mass is 433 g/mol. The zero-order chi connectivity index (χ0) is 22.5. The van der Waals surface area contributed by atoms with Gasteiger partial charge in [-0.15, -0.1) is 0 Å². The molecule has 3 aromatic carbocycles. The number of hydrogen-bond donors (Lipinski definition) is 2.